The van der Waals surface area contributed by atoms with E-state index in [9.17, 15) is 14.3 Å². The average Bonchev–Trinajstić information content (AvgIpc) is 3.01. The molecule has 0 saturated heterocycles. The Kier molecular flexibility index (Phi) is 32.3. The molecule has 0 spiro atoms. The summed E-state index contributed by atoms with van der Waals surface area (Å²) >= 11 is 0. The second-order valence-corrected chi connectivity index (χ2v) is 16.1. The van der Waals surface area contributed by atoms with Crippen LogP contribution in [0.2, 0.25) is 0 Å². The number of likely N-dealkylation sites (N-methyl/N-ethyl adjacent to an activating group) is 1. The molecule has 0 aliphatic rings. The molecule has 0 fully saturated rings. The highest BCUT2D eigenvalue weighted by atomic mass is 31.2. The number of ether oxygens (including phenoxy) is 2. The summed E-state index contributed by atoms with van der Waals surface area (Å²) in [5, 5.41) is 0. The lowest BCUT2D eigenvalue weighted by Gasteiger charge is -2.24. The van der Waals surface area contributed by atoms with Crippen molar-refractivity contribution in [1.82, 2.24) is 0 Å². The molecule has 1 N–H and O–H groups in total. The van der Waals surface area contributed by atoms with Gasteiger partial charge >= 0.3 is 13.8 Å². The molecular weight excluding hydrogens is 613 g/mol. The Hall–Kier alpha value is -0.500. The van der Waals surface area contributed by atoms with Crippen LogP contribution in [0.25, 0.3) is 0 Å². The molecular formula is C38H79NO7P+. The molecule has 2 atom stereocenters. The second-order valence-electron chi connectivity index (χ2n) is 14.7. The van der Waals surface area contributed by atoms with E-state index in [0.717, 1.165) is 32.1 Å². The molecule has 0 rings (SSSR count). The summed E-state index contributed by atoms with van der Waals surface area (Å²) in [5.74, 6) is -0.311. The van der Waals surface area contributed by atoms with Gasteiger partial charge in [-0.25, -0.2) is 4.57 Å². The fraction of sp³-hybridized carbons (Fsp3) is 0.974. The number of phosphoric acid groups is 1. The van der Waals surface area contributed by atoms with Crippen LogP contribution in [0.3, 0.4) is 0 Å². The molecule has 0 saturated carbocycles. The number of esters is 1. The minimum absolute atomic E-state index is 0.0935. The number of unbranched alkanes of at least 4 members (excludes halogenated alkanes) is 23. The lowest BCUT2D eigenvalue weighted by atomic mass is 10.0. The normalized spacial score (nSPS) is 13.9. The van der Waals surface area contributed by atoms with Crippen molar-refractivity contribution >= 4 is 13.8 Å². The van der Waals surface area contributed by atoms with Crippen LogP contribution in [0.15, 0.2) is 0 Å². The van der Waals surface area contributed by atoms with Gasteiger partial charge in [0.1, 0.15) is 19.3 Å². The third-order valence-corrected chi connectivity index (χ3v) is 9.65. The molecule has 0 bridgehead atoms. The van der Waals surface area contributed by atoms with Crippen LogP contribution >= 0.6 is 7.82 Å². The van der Waals surface area contributed by atoms with Crippen LogP contribution in [0.5, 0.6) is 0 Å². The van der Waals surface area contributed by atoms with Crippen LogP contribution in [-0.2, 0) is 27.9 Å². The monoisotopic (exact) mass is 693 g/mol. The van der Waals surface area contributed by atoms with Gasteiger partial charge in [-0.3, -0.25) is 13.8 Å². The van der Waals surface area contributed by atoms with Crippen molar-refractivity contribution in [2.75, 3.05) is 54.1 Å². The van der Waals surface area contributed by atoms with E-state index >= 15 is 0 Å². The molecule has 0 aromatic heterocycles. The predicted octanol–water partition coefficient (Wildman–Crippen LogP) is 10.9. The number of hydrogen-bond acceptors (Lipinski definition) is 6. The van der Waals surface area contributed by atoms with E-state index < -0.39 is 13.9 Å². The van der Waals surface area contributed by atoms with Crippen molar-refractivity contribution in [3.63, 3.8) is 0 Å². The highest BCUT2D eigenvalue weighted by molar-refractivity contribution is 7.47. The molecule has 0 aromatic carbocycles. The molecule has 0 radical (unpaired) electrons. The van der Waals surface area contributed by atoms with Crippen molar-refractivity contribution in [3.8, 4) is 0 Å². The van der Waals surface area contributed by atoms with Crippen molar-refractivity contribution in [1.29, 1.82) is 0 Å². The maximum absolute atomic E-state index is 12.6. The third kappa shape index (κ3) is 36.6. The van der Waals surface area contributed by atoms with Gasteiger partial charge in [0.25, 0.3) is 0 Å². The van der Waals surface area contributed by atoms with E-state index in [1.807, 2.05) is 21.1 Å². The van der Waals surface area contributed by atoms with Gasteiger partial charge in [-0.15, -0.1) is 0 Å². The van der Waals surface area contributed by atoms with Gasteiger partial charge in [0.05, 0.1) is 34.4 Å². The van der Waals surface area contributed by atoms with Gasteiger partial charge in [-0.05, 0) is 12.8 Å². The van der Waals surface area contributed by atoms with Crippen LogP contribution in [0, 0.1) is 0 Å². The maximum Gasteiger partial charge on any atom is 0.472 e. The first-order valence-electron chi connectivity index (χ1n) is 19.8. The van der Waals surface area contributed by atoms with Crippen LogP contribution < -0.4 is 0 Å². The fourth-order valence-corrected chi connectivity index (χ4v) is 6.29. The Morgan fingerprint density at radius 1 is 0.574 bits per heavy atom. The molecule has 8 nitrogen and oxygen atoms in total. The van der Waals surface area contributed by atoms with Crippen molar-refractivity contribution < 1.29 is 37.3 Å². The summed E-state index contributed by atoms with van der Waals surface area (Å²) < 4.78 is 34.8. The van der Waals surface area contributed by atoms with E-state index in [1.165, 1.54) is 128 Å². The number of hydrogen-bond donors (Lipinski definition) is 1. The summed E-state index contributed by atoms with van der Waals surface area (Å²) in [6.45, 7) is 5.65. The number of nitrogens with zero attached hydrogens (tertiary/aromatic N) is 1. The fourth-order valence-electron chi connectivity index (χ4n) is 5.55. The van der Waals surface area contributed by atoms with Gasteiger partial charge < -0.3 is 18.9 Å². The lowest BCUT2D eigenvalue weighted by Crippen LogP contribution is -2.37. The van der Waals surface area contributed by atoms with E-state index in [4.69, 9.17) is 18.5 Å². The SMILES string of the molecule is CCCCCCCCCCCCCCCCC(=O)OC(COCCCCCCCCCCCCC)COP(=O)(O)OCC[N+](C)(C)C. The lowest BCUT2D eigenvalue weighted by molar-refractivity contribution is -0.870. The van der Waals surface area contributed by atoms with Gasteiger partial charge in [0, 0.05) is 13.0 Å². The highest BCUT2D eigenvalue weighted by Crippen LogP contribution is 2.43. The zero-order chi connectivity index (χ0) is 34.9. The van der Waals surface area contributed by atoms with E-state index in [-0.39, 0.29) is 25.8 Å². The molecule has 47 heavy (non-hydrogen) atoms. The Labute approximate surface area is 291 Å². The van der Waals surface area contributed by atoms with Gasteiger partial charge in [0.15, 0.2) is 0 Å². The smallest absolute Gasteiger partial charge is 0.457 e. The maximum atomic E-state index is 12.6. The highest BCUT2D eigenvalue weighted by Gasteiger charge is 2.26. The largest absolute Gasteiger partial charge is 0.472 e. The van der Waals surface area contributed by atoms with Gasteiger partial charge in [0.2, 0.25) is 0 Å². The Morgan fingerprint density at radius 3 is 1.40 bits per heavy atom. The predicted molar refractivity (Wildman–Crippen MR) is 197 cm³/mol. The van der Waals surface area contributed by atoms with Crippen molar-refractivity contribution in [2.45, 2.75) is 187 Å². The standard InChI is InChI=1S/C38H78NO7P/c1-6-8-10-12-14-16-18-19-20-21-23-25-27-29-31-38(40)46-37(36-45-47(41,42)44-34-32-39(3,4)5)35-43-33-30-28-26-24-22-17-15-13-11-9-7-2/h37H,6-36H2,1-5H3/p+1. The number of quaternary nitrogens is 1. The molecule has 0 heterocycles. The molecule has 0 amide bonds. The van der Waals surface area contributed by atoms with Gasteiger partial charge in [-0.2, -0.15) is 0 Å². The summed E-state index contributed by atoms with van der Waals surface area (Å²) in [6, 6.07) is 0. The number of carbonyl (C=O) groups excluding carboxylic acids is 1. The second kappa shape index (κ2) is 32.7. The van der Waals surface area contributed by atoms with Crippen LogP contribution in [0.1, 0.15) is 181 Å². The minimum Gasteiger partial charge on any atom is -0.457 e. The zero-order valence-corrected chi connectivity index (χ0v) is 32.7. The summed E-state index contributed by atoms with van der Waals surface area (Å²) in [4.78, 5) is 22.8. The van der Waals surface area contributed by atoms with E-state index in [0.29, 0.717) is 24.1 Å². The molecule has 9 heteroatoms. The van der Waals surface area contributed by atoms with E-state index in [1.54, 1.807) is 0 Å². The topological polar surface area (TPSA) is 91.3 Å². The zero-order valence-electron chi connectivity index (χ0n) is 31.8. The van der Waals surface area contributed by atoms with Crippen molar-refractivity contribution in [3.05, 3.63) is 0 Å². The first-order valence-corrected chi connectivity index (χ1v) is 21.3. The molecule has 2 unspecified atom stereocenters. The Bertz CT molecular complexity index is 731. The number of rotatable bonds is 37. The van der Waals surface area contributed by atoms with Gasteiger partial charge in [-0.1, -0.05) is 162 Å². The van der Waals surface area contributed by atoms with E-state index in [2.05, 4.69) is 13.8 Å². The minimum atomic E-state index is -4.26. The molecule has 0 aliphatic carbocycles. The molecule has 0 aliphatic heterocycles. The van der Waals surface area contributed by atoms with Crippen LogP contribution in [0.4, 0.5) is 0 Å². The summed E-state index contributed by atoms with van der Waals surface area (Å²) in [6.07, 6.45) is 31.2. The third-order valence-electron chi connectivity index (χ3n) is 8.67. The molecule has 282 valence electrons. The quantitative estimate of drug-likeness (QED) is 0.0300. The first-order chi connectivity index (χ1) is 22.6. The summed E-state index contributed by atoms with van der Waals surface area (Å²) in [7, 11) is 1.68. The number of carbonyl (C=O) groups is 1. The Balaban J connectivity index is 4.25. The first kappa shape index (κ1) is 46.5. The molecule has 0 aromatic rings. The van der Waals surface area contributed by atoms with Crippen LogP contribution in [-0.4, -0.2) is 75.6 Å². The number of phosphoric ester groups is 1. The van der Waals surface area contributed by atoms with Crippen molar-refractivity contribution in [2.24, 2.45) is 0 Å². The summed E-state index contributed by atoms with van der Waals surface area (Å²) in [5.41, 5.74) is 0. The average molecular weight is 693 g/mol. The Morgan fingerprint density at radius 2 is 0.979 bits per heavy atom.